The molecule has 3 aromatic rings. The fraction of sp³-hybridized carbons (Fsp3) is 0.167. The third kappa shape index (κ3) is 2.78. The molecule has 0 atom stereocenters. The van der Waals surface area contributed by atoms with E-state index in [0.717, 1.165) is 0 Å². The molecule has 8 nitrogen and oxygen atoms in total. The number of nitrogens with two attached hydrogens (primary N) is 1. The van der Waals surface area contributed by atoms with Crippen LogP contribution in [0.5, 0.6) is 0 Å². The number of thioether (sulfide) groups is 1. The van der Waals surface area contributed by atoms with Crippen LogP contribution >= 0.6 is 23.4 Å². The Morgan fingerprint density at radius 3 is 2.95 bits per heavy atom. The second-order valence-electron chi connectivity index (χ2n) is 4.14. The topological polar surface area (TPSA) is 113 Å². The van der Waals surface area contributed by atoms with E-state index in [-0.39, 0.29) is 5.82 Å². The lowest BCUT2D eigenvalue weighted by molar-refractivity contribution is 0.299. The molecule has 10 heteroatoms. The van der Waals surface area contributed by atoms with E-state index in [4.69, 9.17) is 26.5 Å². The van der Waals surface area contributed by atoms with Crippen LogP contribution in [-0.4, -0.2) is 32.3 Å². The second kappa shape index (κ2) is 6.34. The fourth-order valence-electron chi connectivity index (χ4n) is 1.81. The Bertz CT molecular complexity index is 843. The van der Waals surface area contributed by atoms with Crippen LogP contribution in [0.4, 0.5) is 0 Å². The average molecular weight is 340 g/mol. The van der Waals surface area contributed by atoms with Crippen molar-refractivity contribution in [2.24, 2.45) is 5.73 Å². The Labute approximate surface area is 133 Å². The molecule has 114 valence electrons. The summed E-state index contributed by atoms with van der Waals surface area (Å²) in [4.78, 5) is 12.0. The van der Waals surface area contributed by atoms with E-state index in [9.17, 15) is 4.79 Å². The zero-order valence-electron chi connectivity index (χ0n) is 11.1. The molecule has 0 aliphatic heterocycles. The quantitative estimate of drug-likeness (QED) is 0.697. The van der Waals surface area contributed by atoms with Crippen molar-refractivity contribution in [3.05, 3.63) is 39.8 Å². The number of benzene rings is 1. The maximum absolute atomic E-state index is 12.0. The number of hydrogen-bond donors (Lipinski definition) is 1. The first-order valence-corrected chi connectivity index (χ1v) is 7.57. The van der Waals surface area contributed by atoms with E-state index < -0.39 is 5.76 Å². The molecule has 0 saturated heterocycles. The largest absolute Gasteiger partial charge is 0.446 e. The summed E-state index contributed by atoms with van der Waals surface area (Å²) < 4.78 is 10.7. The maximum atomic E-state index is 12.0. The standard InChI is InChI=1S/C12H10ClN5O3S/c13-7-2-1-3-8(6-7)18-10(16-20-12(18)19)9-11(17-21-15-9)22-5-4-14/h1-3,6H,4-5,14H2. The summed E-state index contributed by atoms with van der Waals surface area (Å²) in [7, 11) is 0. The van der Waals surface area contributed by atoms with Crippen LogP contribution in [0.2, 0.25) is 5.02 Å². The molecule has 0 spiro atoms. The first-order valence-electron chi connectivity index (χ1n) is 6.21. The molecular weight excluding hydrogens is 330 g/mol. The van der Waals surface area contributed by atoms with Gasteiger partial charge in [0.25, 0.3) is 0 Å². The molecule has 22 heavy (non-hydrogen) atoms. The predicted molar refractivity (Wildman–Crippen MR) is 80.2 cm³/mol. The van der Waals surface area contributed by atoms with Gasteiger partial charge in [-0.3, -0.25) is 4.52 Å². The van der Waals surface area contributed by atoms with Gasteiger partial charge in [0.1, 0.15) is 0 Å². The Hall–Kier alpha value is -2.10. The van der Waals surface area contributed by atoms with E-state index in [2.05, 4.69) is 15.5 Å². The first kappa shape index (κ1) is 14.8. The smallest absolute Gasteiger partial charge is 0.330 e. The number of aromatic nitrogens is 4. The highest BCUT2D eigenvalue weighted by Crippen LogP contribution is 2.28. The molecule has 0 radical (unpaired) electrons. The fourth-order valence-corrected chi connectivity index (χ4v) is 2.66. The molecule has 0 aliphatic carbocycles. The second-order valence-corrected chi connectivity index (χ2v) is 5.66. The SMILES string of the molecule is NCCSc1nonc1-c1noc(=O)n1-c1cccc(Cl)c1. The van der Waals surface area contributed by atoms with E-state index in [1.54, 1.807) is 24.3 Å². The third-order valence-corrected chi connectivity index (χ3v) is 3.91. The Morgan fingerprint density at radius 1 is 1.32 bits per heavy atom. The van der Waals surface area contributed by atoms with E-state index >= 15 is 0 Å². The predicted octanol–water partition coefficient (Wildman–Crippen LogP) is 1.58. The highest BCUT2D eigenvalue weighted by atomic mass is 35.5. The Morgan fingerprint density at radius 2 is 2.18 bits per heavy atom. The van der Waals surface area contributed by atoms with Crippen LogP contribution in [-0.2, 0) is 0 Å². The zero-order valence-corrected chi connectivity index (χ0v) is 12.7. The number of halogens is 1. The summed E-state index contributed by atoms with van der Waals surface area (Å²) in [6, 6.07) is 6.73. The normalized spacial score (nSPS) is 11.0. The summed E-state index contributed by atoms with van der Waals surface area (Å²) >= 11 is 7.31. The van der Waals surface area contributed by atoms with Crippen molar-refractivity contribution in [1.29, 1.82) is 0 Å². The molecule has 0 saturated carbocycles. The van der Waals surface area contributed by atoms with Crippen molar-refractivity contribution < 1.29 is 9.15 Å². The van der Waals surface area contributed by atoms with Gasteiger partial charge in [-0.25, -0.2) is 14.0 Å². The Balaban J connectivity index is 2.10. The summed E-state index contributed by atoms with van der Waals surface area (Å²) in [5.41, 5.74) is 6.29. The number of rotatable bonds is 5. The molecule has 2 N–H and O–H groups in total. The average Bonchev–Trinajstić information content (AvgIpc) is 3.11. The summed E-state index contributed by atoms with van der Waals surface area (Å²) in [5.74, 6) is 0.156. The van der Waals surface area contributed by atoms with Crippen molar-refractivity contribution >= 4 is 23.4 Å². The minimum absolute atomic E-state index is 0.188. The van der Waals surface area contributed by atoms with Crippen LogP contribution in [0.3, 0.4) is 0 Å². The van der Waals surface area contributed by atoms with Crippen molar-refractivity contribution in [3.63, 3.8) is 0 Å². The molecule has 0 fully saturated rings. The summed E-state index contributed by atoms with van der Waals surface area (Å²) in [6.45, 7) is 0.469. The highest BCUT2D eigenvalue weighted by Gasteiger charge is 2.22. The van der Waals surface area contributed by atoms with Gasteiger partial charge < -0.3 is 5.73 Å². The molecule has 0 aliphatic rings. The summed E-state index contributed by atoms with van der Waals surface area (Å²) in [6.07, 6.45) is 0. The van der Waals surface area contributed by atoms with Crippen LogP contribution < -0.4 is 11.5 Å². The summed E-state index contributed by atoms with van der Waals surface area (Å²) in [5, 5.41) is 12.3. The molecule has 0 amide bonds. The molecule has 3 rings (SSSR count). The lowest BCUT2D eigenvalue weighted by atomic mass is 10.3. The van der Waals surface area contributed by atoms with Crippen molar-refractivity contribution in [2.75, 3.05) is 12.3 Å². The lowest BCUT2D eigenvalue weighted by Crippen LogP contribution is -2.13. The number of hydrogen-bond acceptors (Lipinski definition) is 8. The van der Waals surface area contributed by atoms with Gasteiger partial charge >= 0.3 is 5.76 Å². The molecular formula is C12H10ClN5O3S. The van der Waals surface area contributed by atoms with Gasteiger partial charge in [-0.15, -0.1) is 0 Å². The van der Waals surface area contributed by atoms with Crippen LogP contribution in [0.1, 0.15) is 0 Å². The van der Waals surface area contributed by atoms with Gasteiger partial charge in [-0.1, -0.05) is 34.6 Å². The first-order chi connectivity index (χ1) is 10.7. The van der Waals surface area contributed by atoms with Gasteiger partial charge in [0.2, 0.25) is 5.82 Å². The van der Waals surface area contributed by atoms with Crippen LogP contribution in [0.25, 0.3) is 17.2 Å². The van der Waals surface area contributed by atoms with E-state index in [1.165, 1.54) is 16.3 Å². The van der Waals surface area contributed by atoms with Crippen molar-refractivity contribution in [1.82, 2.24) is 20.0 Å². The Kier molecular flexibility index (Phi) is 4.27. The molecule has 0 unspecified atom stereocenters. The molecule has 0 bridgehead atoms. The highest BCUT2D eigenvalue weighted by molar-refractivity contribution is 7.99. The minimum Gasteiger partial charge on any atom is -0.330 e. The van der Waals surface area contributed by atoms with Crippen LogP contribution in [0, 0.1) is 0 Å². The number of nitrogens with zero attached hydrogens (tertiary/aromatic N) is 4. The van der Waals surface area contributed by atoms with Gasteiger partial charge in [-0.2, -0.15) is 0 Å². The van der Waals surface area contributed by atoms with E-state index in [0.29, 0.717) is 33.7 Å². The maximum Gasteiger partial charge on any atom is 0.446 e. The lowest BCUT2D eigenvalue weighted by Gasteiger charge is -2.03. The molecule has 1 aromatic carbocycles. The van der Waals surface area contributed by atoms with Gasteiger partial charge in [-0.05, 0) is 28.5 Å². The molecule has 2 aromatic heterocycles. The monoisotopic (exact) mass is 339 g/mol. The minimum atomic E-state index is -0.657. The zero-order chi connectivity index (χ0) is 15.5. The van der Waals surface area contributed by atoms with Crippen molar-refractivity contribution in [2.45, 2.75) is 5.03 Å². The van der Waals surface area contributed by atoms with E-state index in [1.807, 2.05) is 0 Å². The third-order valence-electron chi connectivity index (χ3n) is 2.70. The van der Waals surface area contributed by atoms with Gasteiger partial charge in [0.05, 0.1) is 5.69 Å². The van der Waals surface area contributed by atoms with Gasteiger partial charge in [0.15, 0.2) is 10.7 Å². The van der Waals surface area contributed by atoms with Crippen molar-refractivity contribution in [3.8, 4) is 17.2 Å². The van der Waals surface area contributed by atoms with Crippen LogP contribution in [0.15, 0.2) is 43.2 Å². The molecule has 2 heterocycles. The van der Waals surface area contributed by atoms with Gasteiger partial charge in [0, 0.05) is 17.3 Å².